The van der Waals surface area contributed by atoms with Crippen molar-refractivity contribution in [2.75, 3.05) is 18.1 Å². The van der Waals surface area contributed by atoms with Crippen LogP contribution in [0.25, 0.3) is 0 Å². The zero-order chi connectivity index (χ0) is 25.7. The second-order valence-corrected chi connectivity index (χ2v) is 7.85. The Morgan fingerprint density at radius 3 is 2.20 bits per heavy atom. The van der Waals surface area contributed by atoms with Crippen molar-refractivity contribution in [3.05, 3.63) is 81.6 Å². The first-order chi connectivity index (χ1) is 16.6. The lowest BCUT2D eigenvalue weighted by atomic mass is 10.0. The number of nitrogens with zero attached hydrogens (tertiary/aromatic N) is 1. The molecule has 8 nitrogen and oxygen atoms in total. The number of carboxylic acids is 1. The molecule has 3 rings (SSSR count). The number of phenolic OH excluding ortho intramolecular Hbond substituents is 1. The predicted octanol–water partition coefficient (Wildman–Crippen LogP) is 5.91. The van der Waals surface area contributed by atoms with Crippen LogP contribution in [-0.2, 0) is 9.53 Å². The number of ketones is 1. The van der Waals surface area contributed by atoms with E-state index < -0.39 is 30.2 Å². The van der Waals surface area contributed by atoms with Crippen molar-refractivity contribution in [2.24, 2.45) is 0 Å². The van der Waals surface area contributed by atoms with Gasteiger partial charge in [-0.15, -0.1) is 0 Å². The van der Waals surface area contributed by atoms with Gasteiger partial charge in [-0.3, -0.25) is 14.5 Å². The minimum Gasteiger partial charge on any atom is -0.507 e. The number of amides is 1. The third-order valence-corrected chi connectivity index (χ3v) is 5.18. The molecule has 0 unspecified atom stereocenters. The SMILES string of the molecule is CCOC(=O)N(CC(=O)O)c1cc(Cl)c(Oc2ccc(O)c(C(=O)c3ccc(F)cc3)c2)c(Cl)c1. The number of anilines is 1. The fraction of sp³-hybridized carbons (Fsp3) is 0.125. The molecule has 3 aromatic rings. The van der Waals surface area contributed by atoms with Crippen LogP contribution in [-0.4, -0.2) is 41.2 Å². The molecule has 0 spiro atoms. The number of aliphatic carboxylic acids is 1. The van der Waals surface area contributed by atoms with E-state index in [4.69, 9.17) is 37.8 Å². The molecule has 0 aliphatic rings. The summed E-state index contributed by atoms with van der Waals surface area (Å²) in [6.45, 7) is 0.899. The Morgan fingerprint density at radius 1 is 1.00 bits per heavy atom. The first-order valence-electron chi connectivity index (χ1n) is 10.1. The highest BCUT2D eigenvalue weighted by Crippen LogP contribution is 2.40. The molecule has 35 heavy (non-hydrogen) atoms. The molecule has 0 atom stereocenters. The maximum Gasteiger partial charge on any atom is 0.414 e. The topological polar surface area (TPSA) is 113 Å². The van der Waals surface area contributed by atoms with Gasteiger partial charge >= 0.3 is 12.1 Å². The number of ether oxygens (including phenoxy) is 2. The van der Waals surface area contributed by atoms with Crippen LogP contribution < -0.4 is 9.64 Å². The average Bonchev–Trinajstić information content (AvgIpc) is 2.80. The molecule has 1 amide bonds. The molecule has 2 N–H and O–H groups in total. The summed E-state index contributed by atoms with van der Waals surface area (Å²) in [6, 6.07) is 11.2. The van der Waals surface area contributed by atoms with E-state index in [1.807, 2.05) is 0 Å². The summed E-state index contributed by atoms with van der Waals surface area (Å²) in [6.07, 6.45) is -0.904. The van der Waals surface area contributed by atoms with Gasteiger partial charge in [-0.25, -0.2) is 9.18 Å². The van der Waals surface area contributed by atoms with E-state index in [1.165, 1.54) is 42.5 Å². The van der Waals surface area contributed by atoms with Crippen molar-refractivity contribution in [3.8, 4) is 17.2 Å². The standard InChI is InChI=1S/C24H18Cl2FNO7/c1-2-34-24(33)28(12-21(30)31)15-9-18(25)23(19(26)10-15)35-16-7-8-20(29)17(11-16)22(32)13-3-5-14(27)6-4-13/h3-11,29H,2,12H2,1H3,(H,30,31). The van der Waals surface area contributed by atoms with E-state index in [2.05, 4.69) is 0 Å². The highest BCUT2D eigenvalue weighted by molar-refractivity contribution is 6.37. The summed E-state index contributed by atoms with van der Waals surface area (Å²) in [5.74, 6) is -2.63. The van der Waals surface area contributed by atoms with Gasteiger partial charge in [0.2, 0.25) is 0 Å². The van der Waals surface area contributed by atoms with Crippen molar-refractivity contribution in [1.29, 1.82) is 0 Å². The molecule has 182 valence electrons. The Bertz CT molecular complexity index is 1260. The Labute approximate surface area is 209 Å². The molecule has 0 saturated heterocycles. The number of phenols is 1. The number of benzene rings is 3. The van der Waals surface area contributed by atoms with Gasteiger partial charge in [0.05, 0.1) is 27.9 Å². The Morgan fingerprint density at radius 2 is 1.63 bits per heavy atom. The number of carbonyl (C=O) groups excluding carboxylic acids is 2. The van der Waals surface area contributed by atoms with E-state index in [0.29, 0.717) is 0 Å². The summed E-state index contributed by atoms with van der Waals surface area (Å²) < 4.78 is 23.8. The third kappa shape index (κ3) is 6.20. The van der Waals surface area contributed by atoms with Crippen molar-refractivity contribution in [3.63, 3.8) is 0 Å². The van der Waals surface area contributed by atoms with E-state index in [0.717, 1.165) is 17.0 Å². The Hall–Kier alpha value is -3.82. The van der Waals surface area contributed by atoms with Gasteiger partial charge in [0.1, 0.15) is 23.9 Å². The smallest absolute Gasteiger partial charge is 0.414 e. The monoisotopic (exact) mass is 521 g/mol. The minimum atomic E-state index is -1.28. The van der Waals surface area contributed by atoms with Crippen molar-refractivity contribution in [2.45, 2.75) is 6.92 Å². The third-order valence-electron chi connectivity index (χ3n) is 4.62. The lowest BCUT2D eigenvalue weighted by molar-refractivity contribution is -0.135. The van der Waals surface area contributed by atoms with Gasteiger partial charge in [-0.05, 0) is 61.5 Å². The molecule has 0 heterocycles. The highest BCUT2D eigenvalue weighted by Gasteiger charge is 2.23. The van der Waals surface area contributed by atoms with E-state index in [9.17, 15) is 23.9 Å². The predicted molar refractivity (Wildman–Crippen MR) is 126 cm³/mol. The van der Waals surface area contributed by atoms with Crippen LogP contribution in [0.2, 0.25) is 10.0 Å². The number of halogens is 3. The Kier molecular flexibility index (Phi) is 8.16. The summed E-state index contributed by atoms with van der Waals surface area (Å²) in [5.41, 5.74) is 0.107. The van der Waals surface area contributed by atoms with Crippen LogP contribution in [0.1, 0.15) is 22.8 Å². The zero-order valence-corrected chi connectivity index (χ0v) is 19.6. The second kappa shape index (κ2) is 11.1. The van der Waals surface area contributed by atoms with Gasteiger partial charge < -0.3 is 19.7 Å². The van der Waals surface area contributed by atoms with Crippen molar-refractivity contribution < 1.29 is 38.5 Å². The molecule has 3 aromatic carbocycles. The van der Waals surface area contributed by atoms with Crippen LogP contribution in [0, 0.1) is 5.82 Å². The van der Waals surface area contributed by atoms with Gasteiger partial charge in [0.25, 0.3) is 0 Å². The molecular formula is C24H18Cl2FNO7. The van der Waals surface area contributed by atoms with Gasteiger partial charge in [0, 0.05) is 5.56 Å². The van der Waals surface area contributed by atoms with Crippen molar-refractivity contribution >= 4 is 46.7 Å². The van der Waals surface area contributed by atoms with E-state index in [1.54, 1.807) is 6.92 Å². The molecule has 0 bridgehead atoms. The lowest BCUT2D eigenvalue weighted by Crippen LogP contribution is -2.36. The first-order valence-corrected chi connectivity index (χ1v) is 10.8. The second-order valence-electron chi connectivity index (χ2n) is 7.03. The fourth-order valence-corrected chi connectivity index (χ4v) is 3.59. The number of hydrogen-bond acceptors (Lipinski definition) is 6. The summed E-state index contributed by atoms with van der Waals surface area (Å²) in [7, 11) is 0. The van der Waals surface area contributed by atoms with Gasteiger partial charge in [-0.2, -0.15) is 0 Å². The molecule has 0 aliphatic heterocycles. The summed E-state index contributed by atoms with van der Waals surface area (Å²) >= 11 is 12.6. The quantitative estimate of drug-likeness (QED) is 0.354. The molecule has 0 aromatic heterocycles. The van der Waals surface area contributed by atoms with E-state index in [-0.39, 0.29) is 50.7 Å². The fourth-order valence-electron chi connectivity index (χ4n) is 3.03. The molecule has 0 aliphatic carbocycles. The van der Waals surface area contributed by atoms with Crippen LogP contribution in [0.4, 0.5) is 14.9 Å². The van der Waals surface area contributed by atoms with Gasteiger partial charge in [0.15, 0.2) is 11.5 Å². The lowest BCUT2D eigenvalue weighted by Gasteiger charge is -2.21. The van der Waals surface area contributed by atoms with Crippen LogP contribution >= 0.6 is 23.2 Å². The Balaban J connectivity index is 1.92. The highest BCUT2D eigenvalue weighted by atomic mass is 35.5. The molecule has 0 radical (unpaired) electrons. The molecule has 11 heteroatoms. The number of aromatic hydroxyl groups is 1. The van der Waals surface area contributed by atoms with Crippen LogP contribution in [0.5, 0.6) is 17.2 Å². The minimum absolute atomic E-state index is 0.0252. The number of carbonyl (C=O) groups is 3. The molecular weight excluding hydrogens is 504 g/mol. The van der Waals surface area contributed by atoms with Crippen LogP contribution in [0.3, 0.4) is 0 Å². The largest absolute Gasteiger partial charge is 0.507 e. The zero-order valence-electron chi connectivity index (χ0n) is 18.1. The summed E-state index contributed by atoms with van der Waals surface area (Å²) in [4.78, 5) is 37.0. The number of rotatable bonds is 8. The molecule has 0 saturated carbocycles. The number of hydrogen-bond donors (Lipinski definition) is 2. The number of carboxylic acid groups (broad SMARTS) is 1. The molecule has 0 fully saturated rings. The van der Waals surface area contributed by atoms with Crippen LogP contribution in [0.15, 0.2) is 54.6 Å². The van der Waals surface area contributed by atoms with Gasteiger partial charge in [-0.1, -0.05) is 23.2 Å². The first kappa shape index (κ1) is 25.8. The average molecular weight is 522 g/mol. The summed E-state index contributed by atoms with van der Waals surface area (Å²) in [5, 5.41) is 19.2. The maximum atomic E-state index is 13.2. The van der Waals surface area contributed by atoms with Crippen molar-refractivity contribution in [1.82, 2.24) is 0 Å². The van der Waals surface area contributed by atoms with E-state index >= 15 is 0 Å². The normalized spacial score (nSPS) is 10.5. The maximum absolute atomic E-state index is 13.2.